The standard InChI is InChI=1S/C11H15NO2/c1-8(2)12-14-11(13)10-6-4-5-9(3)7-10/h4-8,12H,1-3H3. The summed E-state index contributed by atoms with van der Waals surface area (Å²) >= 11 is 0. The number of aryl methyl sites for hydroxylation is 1. The molecule has 0 bridgehead atoms. The van der Waals surface area contributed by atoms with E-state index in [0.29, 0.717) is 5.56 Å². The Hall–Kier alpha value is -1.35. The predicted molar refractivity (Wildman–Crippen MR) is 54.9 cm³/mol. The zero-order valence-corrected chi connectivity index (χ0v) is 8.70. The number of hydrogen-bond acceptors (Lipinski definition) is 3. The van der Waals surface area contributed by atoms with Crippen LogP contribution >= 0.6 is 0 Å². The first-order valence-corrected chi connectivity index (χ1v) is 4.63. The van der Waals surface area contributed by atoms with Crippen LogP contribution in [0.15, 0.2) is 24.3 Å². The highest BCUT2D eigenvalue weighted by Gasteiger charge is 2.07. The third-order valence-electron chi connectivity index (χ3n) is 1.64. The largest absolute Gasteiger partial charge is 0.366 e. The van der Waals surface area contributed by atoms with Gasteiger partial charge in [0.25, 0.3) is 0 Å². The van der Waals surface area contributed by atoms with Crippen molar-refractivity contribution in [2.45, 2.75) is 26.8 Å². The van der Waals surface area contributed by atoms with Crippen molar-refractivity contribution in [3.8, 4) is 0 Å². The van der Waals surface area contributed by atoms with Crippen LogP contribution < -0.4 is 5.48 Å². The second-order valence-electron chi connectivity index (χ2n) is 3.53. The van der Waals surface area contributed by atoms with Gasteiger partial charge in [0.15, 0.2) is 0 Å². The summed E-state index contributed by atoms with van der Waals surface area (Å²) in [5.74, 6) is -0.345. The summed E-state index contributed by atoms with van der Waals surface area (Å²) in [5.41, 5.74) is 4.23. The van der Waals surface area contributed by atoms with E-state index in [9.17, 15) is 4.79 Å². The summed E-state index contributed by atoms with van der Waals surface area (Å²) in [6, 6.07) is 7.43. The number of hydrogen-bond donors (Lipinski definition) is 1. The molecule has 0 aliphatic carbocycles. The monoisotopic (exact) mass is 193 g/mol. The summed E-state index contributed by atoms with van der Waals surface area (Å²) in [7, 11) is 0. The van der Waals surface area contributed by atoms with Gasteiger partial charge in [-0.2, -0.15) is 5.48 Å². The summed E-state index contributed by atoms with van der Waals surface area (Å²) in [4.78, 5) is 16.3. The van der Waals surface area contributed by atoms with Crippen molar-refractivity contribution in [3.63, 3.8) is 0 Å². The highest BCUT2D eigenvalue weighted by molar-refractivity contribution is 5.89. The van der Waals surface area contributed by atoms with Crippen molar-refractivity contribution in [3.05, 3.63) is 35.4 Å². The van der Waals surface area contributed by atoms with E-state index >= 15 is 0 Å². The van der Waals surface area contributed by atoms with Crippen molar-refractivity contribution in [1.82, 2.24) is 5.48 Å². The third-order valence-corrected chi connectivity index (χ3v) is 1.64. The summed E-state index contributed by atoms with van der Waals surface area (Å²) in [6.07, 6.45) is 0. The molecular weight excluding hydrogens is 178 g/mol. The molecule has 3 heteroatoms. The number of hydroxylamine groups is 1. The maximum absolute atomic E-state index is 11.4. The molecule has 3 nitrogen and oxygen atoms in total. The van der Waals surface area contributed by atoms with Crippen LogP contribution in [-0.4, -0.2) is 12.0 Å². The Labute approximate surface area is 84.0 Å². The lowest BCUT2D eigenvalue weighted by molar-refractivity contribution is 0.0187. The molecule has 0 aromatic heterocycles. The van der Waals surface area contributed by atoms with Crippen molar-refractivity contribution in [2.75, 3.05) is 0 Å². The molecule has 1 N–H and O–H groups in total. The number of rotatable bonds is 3. The first-order valence-electron chi connectivity index (χ1n) is 4.63. The minimum absolute atomic E-state index is 0.128. The topological polar surface area (TPSA) is 38.3 Å². The minimum Gasteiger partial charge on any atom is -0.366 e. The molecule has 1 aromatic carbocycles. The molecule has 0 heterocycles. The molecule has 0 fully saturated rings. The van der Waals surface area contributed by atoms with Gasteiger partial charge in [-0.1, -0.05) is 17.7 Å². The SMILES string of the molecule is Cc1cccc(C(=O)ONC(C)C)c1. The number of nitrogens with one attached hydrogen (secondary N) is 1. The van der Waals surface area contributed by atoms with Crippen molar-refractivity contribution >= 4 is 5.97 Å². The average molecular weight is 193 g/mol. The number of benzene rings is 1. The highest BCUT2D eigenvalue weighted by Crippen LogP contribution is 2.04. The van der Waals surface area contributed by atoms with Crippen molar-refractivity contribution < 1.29 is 9.63 Å². The summed E-state index contributed by atoms with van der Waals surface area (Å²) in [6.45, 7) is 5.75. The van der Waals surface area contributed by atoms with E-state index in [1.54, 1.807) is 12.1 Å². The molecule has 0 aliphatic heterocycles. The molecule has 0 unspecified atom stereocenters. The average Bonchev–Trinajstić information content (AvgIpc) is 2.14. The van der Waals surface area contributed by atoms with Crippen LogP contribution in [0, 0.1) is 6.92 Å². The van der Waals surface area contributed by atoms with Crippen LogP contribution in [0.4, 0.5) is 0 Å². The van der Waals surface area contributed by atoms with Gasteiger partial charge in [-0.25, -0.2) is 4.79 Å². The fourth-order valence-corrected chi connectivity index (χ4v) is 1.00. The third kappa shape index (κ3) is 3.18. The molecule has 1 aromatic rings. The second kappa shape index (κ2) is 4.77. The van der Waals surface area contributed by atoms with E-state index in [4.69, 9.17) is 4.84 Å². The van der Waals surface area contributed by atoms with Gasteiger partial charge < -0.3 is 4.84 Å². The molecule has 1 rings (SSSR count). The van der Waals surface area contributed by atoms with Gasteiger partial charge in [0.1, 0.15) is 0 Å². The van der Waals surface area contributed by atoms with Crippen LogP contribution in [-0.2, 0) is 4.84 Å². The van der Waals surface area contributed by atoms with Gasteiger partial charge in [-0.3, -0.25) is 0 Å². The molecule has 0 radical (unpaired) electrons. The van der Waals surface area contributed by atoms with Gasteiger partial charge in [-0.15, -0.1) is 0 Å². The zero-order chi connectivity index (χ0) is 10.6. The van der Waals surface area contributed by atoms with Crippen LogP contribution in [0.1, 0.15) is 29.8 Å². The summed E-state index contributed by atoms with van der Waals surface area (Å²) < 4.78 is 0. The fraction of sp³-hybridized carbons (Fsp3) is 0.364. The van der Waals surface area contributed by atoms with E-state index in [-0.39, 0.29) is 12.0 Å². The lowest BCUT2D eigenvalue weighted by Gasteiger charge is -2.08. The molecule has 0 atom stereocenters. The molecular formula is C11H15NO2. The Bertz CT molecular complexity index is 321. The van der Waals surface area contributed by atoms with Crippen LogP contribution in [0.25, 0.3) is 0 Å². The lowest BCUT2D eigenvalue weighted by Crippen LogP contribution is -2.26. The van der Waals surface area contributed by atoms with Gasteiger partial charge in [0.2, 0.25) is 0 Å². The molecule has 76 valence electrons. The molecule has 14 heavy (non-hydrogen) atoms. The van der Waals surface area contributed by atoms with Crippen LogP contribution in [0.5, 0.6) is 0 Å². The smallest absolute Gasteiger partial charge is 0.356 e. The van der Waals surface area contributed by atoms with E-state index in [2.05, 4.69) is 5.48 Å². The van der Waals surface area contributed by atoms with Crippen molar-refractivity contribution in [1.29, 1.82) is 0 Å². The maximum atomic E-state index is 11.4. The summed E-state index contributed by atoms with van der Waals surface area (Å²) in [5, 5.41) is 0. The second-order valence-corrected chi connectivity index (χ2v) is 3.53. The van der Waals surface area contributed by atoms with Gasteiger partial charge in [0, 0.05) is 6.04 Å². The van der Waals surface area contributed by atoms with E-state index in [1.165, 1.54) is 0 Å². The van der Waals surface area contributed by atoms with Crippen LogP contribution in [0.2, 0.25) is 0 Å². The van der Waals surface area contributed by atoms with E-state index < -0.39 is 0 Å². The Balaban J connectivity index is 2.61. The molecule has 0 aliphatic rings. The van der Waals surface area contributed by atoms with E-state index in [1.807, 2.05) is 32.9 Å². The van der Waals surface area contributed by atoms with E-state index in [0.717, 1.165) is 5.56 Å². The quantitative estimate of drug-likeness (QED) is 0.747. The Morgan fingerprint density at radius 3 is 2.71 bits per heavy atom. The predicted octanol–water partition coefficient (Wildman–Crippen LogP) is 2.06. The Morgan fingerprint density at radius 1 is 1.43 bits per heavy atom. The van der Waals surface area contributed by atoms with Crippen molar-refractivity contribution in [2.24, 2.45) is 0 Å². The van der Waals surface area contributed by atoms with Gasteiger partial charge in [0.05, 0.1) is 5.56 Å². The van der Waals surface area contributed by atoms with Gasteiger partial charge in [-0.05, 0) is 32.9 Å². The first kappa shape index (κ1) is 10.7. The lowest BCUT2D eigenvalue weighted by atomic mass is 10.1. The zero-order valence-electron chi connectivity index (χ0n) is 8.70. The maximum Gasteiger partial charge on any atom is 0.356 e. The molecule has 0 amide bonds. The Kier molecular flexibility index (Phi) is 3.65. The Morgan fingerprint density at radius 2 is 2.14 bits per heavy atom. The minimum atomic E-state index is -0.345. The fourth-order valence-electron chi connectivity index (χ4n) is 1.00. The van der Waals surface area contributed by atoms with Gasteiger partial charge >= 0.3 is 5.97 Å². The number of carbonyl (C=O) groups excluding carboxylic acids is 1. The van der Waals surface area contributed by atoms with Crippen LogP contribution in [0.3, 0.4) is 0 Å². The normalized spacial score (nSPS) is 10.3. The first-order chi connectivity index (χ1) is 6.59. The molecule has 0 saturated carbocycles. The molecule has 0 saturated heterocycles. The highest BCUT2D eigenvalue weighted by atomic mass is 16.7. The number of carbonyl (C=O) groups is 1. The molecule has 0 spiro atoms.